The molecular weight excluding hydrogens is 396 g/mol. The molecular formula is C23H24N4O4. The highest BCUT2D eigenvalue weighted by atomic mass is 16.6. The predicted octanol–water partition coefficient (Wildman–Crippen LogP) is 3.97. The van der Waals surface area contributed by atoms with Crippen LogP contribution in [0, 0.1) is 24.0 Å². The third kappa shape index (κ3) is 5.43. The highest BCUT2D eigenvalue weighted by molar-refractivity contribution is 5.84. The van der Waals surface area contributed by atoms with E-state index in [4.69, 9.17) is 0 Å². The van der Waals surface area contributed by atoms with Gasteiger partial charge >= 0.3 is 0 Å². The number of benzene rings is 2. The molecule has 1 amide bonds. The average Bonchev–Trinajstić information content (AvgIpc) is 3.05. The third-order valence-electron chi connectivity index (χ3n) is 4.99. The van der Waals surface area contributed by atoms with Crippen molar-refractivity contribution in [3.8, 4) is 5.69 Å². The number of aliphatic hydroxyl groups is 1. The van der Waals surface area contributed by atoms with Gasteiger partial charge < -0.3 is 9.67 Å². The van der Waals surface area contributed by atoms with Gasteiger partial charge in [-0.3, -0.25) is 14.9 Å². The Morgan fingerprint density at radius 3 is 2.65 bits per heavy atom. The lowest BCUT2D eigenvalue weighted by molar-refractivity contribution is -0.384. The number of aromatic nitrogens is 1. The first kappa shape index (κ1) is 21.9. The van der Waals surface area contributed by atoms with Gasteiger partial charge in [0.15, 0.2) is 0 Å². The maximum absolute atomic E-state index is 12.0. The number of nitro benzene ring substituents is 1. The molecule has 1 atom stereocenters. The van der Waals surface area contributed by atoms with Crippen LogP contribution < -0.4 is 5.43 Å². The first-order valence-corrected chi connectivity index (χ1v) is 9.85. The molecule has 0 unspecified atom stereocenters. The van der Waals surface area contributed by atoms with Gasteiger partial charge in [0, 0.05) is 35.5 Å². The van der Waals surface area contributed by atoms with Crippen LogP contribution in [-0.2, 0) is 4.79 Å². The first-order chi connectivity index (χ1) is 14.9. The van der Waals surface area contributed by atoms with Crippen LogP contribution in [0.1, 0.15) is 41.5 Å². The Morgan fingerprint density at radius 1 is 1.19 bits per heavy atom. The van der Waals surface area contributed by atoms with Gasteiger partial charge in [-0.1, -0.05) is 36.4 Å². The lowest BCUT2D eigenvalue weighted by atomic mass is 10.1. The molecule has 3 aromatic rings. The molecule has 0 spiro atoms. The van der Waals surface area contributed by atoms with Crippen molar-refractivity contribution in [1.82, 2.24) is 9.99 Å². The van der Waals surface area contributed by atoms with E-state index in [2.05, 4.69) is 10.5 Å². The molecule has 0 bridgehead atoms. The summed E-state index contributed by atoms with van der Waals surface area (Å²) in [6.07, 6.45) is 1.28. The molecule has 160 valence electrons. The zero-order valence-corrected chi connectivity index (χ0v) is 17.4. The zero-order valence-electron chi connectivity index (χ0n) is 17.4. The van der Waals surface area contributed by atoms with Crippen LogP contribution in [0.4, 0.5) is 5.69 Å². The van der Waals surface area contributed by atoms with E-state index in [1.165, 1.54) is 12.1 Å². The predicted molar refractivity (Wildman–Crippen MR) is 118 cm³/mol. The van der Waals surface area contributed by atoms with Crippen molar-refractivity contribution in [2.45, 2.75) is 32.8 Å². The largest absolute Gasteiger partial charge is 0.388 e. The summed E-state index contributed by atoms with van der Waals surface area (Å²) in [6, 6.07) is 17.5. The van der Waals surface area contributed by atoms with E-state index in [1.54, 1.807) is 18.3 Å². The molecule has 3 rings (SSSR count). The molecule has 2 aromatic carbocycles. The van der Waals surface area contributed by atoms with Crippen LogP contribution in [0.15, 0.2) is 65.8 Å². The van der Waals surface area contributed by atoms with Gasteiger partial charge in [0.05, 0.1) is 22.9 Å². The van der Waals surface area contributed by atoms with E-state index in [0.29, 0.717) is 12.1 Å². The van der Waals surface area contributed by atoms with Crippen molar-refractivity contribution < 1.29 is 14.8 Å². The molecule has 0 saturated heterocycles. The Morgan fingerprint density at radius 2 is 1.94 bits per heavy atom. The number of aryl methyl sites for hydroxylation is 1. The maximum atomic E-state index is 12.0. The van der Waals surface area contributed by atoms with Gasteiger partial charge in [-0.25, -0.2) is 5.43 Å². The number of nitrogens with one attached hydrogen (secondary N) is 1. The average molecular weight is 420 g/mol. The minimum Gasteiger partial charge on any atom is -0.388 e. The number of non-ortho nitro benzene ring substituents is 1. The van der Waals surface area contributed by atoms with Crippen LogP contribution >= 0.6 is 0 Å². The summed E-state index contributed by atoms with van der Waals surface area (Å²) in [5, 5.41) is 25.2. The van der Waals surface area contributed by atoms with Gasteiger partial charge in [0.25, 0.3) is 5.69 Å². The number of hydrogen-bond acceptors (Lipinski definition) is 5. The van der Waals surface area contributed by atoms with E-state index in [9.17, 15) is 20.0 Å². The fourth-order valence-electron chi connectivity index (χ4n) is 3.40. The van der Waals surface area contributed by atoms with Crippen molar-refractivity contribution in [1.29, 1.82) is 0 Å². The van der Waals surface area contributed by atoms with Crippen molar-refractivity contribution in [2.75, 3.05) is 0 Å². The molecule has 0 aliphatic rings. The molecule has 0 saturated carbocycles. The fraction of sp³-hybridized carbons (Fsp3) is 0.217. The Balaban J connectivity index is 1.63. The number of hydrazone groups is 1. The van der Waals surface area contributed by atoms with Gasteiger partial charge in [-0.05, 0) is 38.0 Å². The Hall–Kier alpha value is -3.78. The summed E-state index contributed by atoms with van der Waals surface area (Å²) in [5.41, 5.74) is 6.47. The van der Waals surface area contributed by atoms with Crippen LogP contribution in [0.25, 0.3) is 5.69 Å². The minimum absolute atomic E-state index is 0.0187. The molecule has 0 radical (unpaired) electrons. The molecule has 8 nitrogen and oxygen atoms in total. The van der Waals surface area contributed by atoms with Crippen LogP contribution in [0.3, 0.4) is 0 Å². The summed E-state index contributed by atoms with van der Waals surface area (Å²) in [5.74, 6) is -0.293. The Bertz CT molecular complexity index is 1110. The normalized spacial score (nSPS) is 12.1. The number of carbonyl (C=O) groups excluding carboxylic acids is 1. The van der Waals surface area contributed by atoms with Crippen LogP contribution in [-0.4, -0.2) is 26.7 Å². The molecule has 0 fully saturated rings. The smallest absolute Gasteiger partial charge is 0.271 e. The van der Waals surface area contributed by atoms with Gasteiger partial charge in [-0.15, -0.1) is 0 Å². The zero-order chi connectivity index (χ0) is 22.4. The van der Waals surface area contributed by atoms with Crippen molar-refractivity contribution >= 4 is 17.8 Å². The lowest BCUT2D eigenvalue weighted by Gasteiger charge is -2.10. The fourth-order valence-corrected chi connectivity index (χ4v) is 3.40. The maximum Gasteiger partial charge on any atom is 0.271 e. The number of hydrogen-bond donors (Lipinski definition) is 2. The van der Waals surface area contributed by atoms with Gasteiger partial charge in [0.2, 0.25) is 5.91 Å². The number of rotatable bonds is 8. The second-order valence-electron chi connectivity index (χ2n) is 7.20. The van der Waals surface area contributed by atoms with Gasteiger partial charge in [0.1, 0.15) is 0 Å². The molecule has 2 N–H and O–H groups in total. The first-order valence-electron chi connectivity index (χ1n) is 9.85. The summed E-state index contributed by atoms with van der Waals surface area (Å²) in [7, 11) is 0. The summed E-state index contributed by atoms with van der Waals surface area (Å²) >= 11 is 0. The Labute approximate surface area is 180 Å². The van der Waals surface area contributed by atoms with Crippen molar-refractivity contribution in [3.63, 3.8) is 0 Å². The summed E-state index contributed by atoms with van der Waals surface area (Å²) in [4.78, 5) is 22.7. The van der Waals surface area contributed by atoms with Gasteiger partial charge in [-0.2, -0.15) is 5.10 Å². The Kier molecular flexibility index (Phi) is 6.94. The van der Waals surface area contributed by atoms with Crippen molar-refractivity contribution in [2.24, 2.45) is 5.10 Å². The molecule has 31 heavy (non-hydrogen) atoms. The molecule has 1 heterocycles. The molecule has 0 aliphatic carbocycles. The highest BCUT2D eigenvalue weighted by Gasteiger charge is 2.13. The monoisotopic (exact) mass is 420 g/mol. The van der Waals surface area contributed by atoms with E-state index < -0.39 is 11.0 Å². The van der Waals surface area contributed by atoms with Crippen molar-refractivity contribution in [3.05, 3.63) is 93.3 Å². The number of nitrogens with zero attached hydrogens (tertiary/aromatic N) is 3. The lowest BCUT2D eigenvalue weighted by Crippen LogP contribution is -2.18. The molecule has 0 aliphatic heterocycles. The van der Waals surface area contributed by atoms with Crippen LogP contribution in [0.2, 0.25) is 0 Å². The number of carbonyl (C=O) groups is 1. The van der Waals surface area contributed by atoms with E-state index in [-0.39, 0.29) is 18.0 Å². The number of amides is 1. The minimum atomic E-state index is -0.704. The van der Waals surface area contributed by atoms with E-state index >= 15 is 0 Å². The SMILES string of the molecule is Cc1cc(/C=N\NC(=O)CC[C@H](O)c2ccccc2)c(C)n1-c1cccc([N+](=O)[O-])c1. The standard InChI is InChI=1S/C23H24N4O4/c1-16-13-19(17(2)26(16)20-9-6-10-21(14-20)27(30)31)15-24-25-23(29)12-11-22(28)18-7-4-3-5-8-18/h3-10,13-15,22,28H,11-12H2,1-2H3,(H,25,29)/b24-15-/t22-/m0/s1. The third-order valence-corrected chi connectivity index (χ3v) is 4.99. The number of nitro groups is 1. The van der Waals surface area contributed by atoms with E-state index in [1.807, 2.05) is 54.8 Å². The molecule has 8 heteroatoms. The topological polar surface area (TPSA) is 110 Å². The summed E-state index contributed by atoms with van der Waals surface area (Å²) in [6.45, 7) is 3.78. The quantitative estimate of drug-likeness (QED) is 0.326. The number of aliphatic hydroxyl groups excluding tert-OH is 1. The van der Waals surface area contributed by atoms with E-state index in [0.717, 1.165) is 22.5 Å². The molecule has 1 aromatic heterocycles. The second-order valence-corrected chi connectivity index (χ2v) is 7.20. The highest BCUT2D eigenvalue weighted by Crippen LogP contribution is 2.23. The van der Waals surface area contributed by atoms with Crippen LogP contribution in [0.5, 0.6) is 0 Å². The summed E-state index contributed by atoms with van der Waals surface area (Å²) < 4.78 is 1.90. The second kappa shape index (κ2) is 9.82.